The predicted molar refractivity (Wildman–Crippen MR) is 144 cm³/mol. The predicted octanol–water partition coefficient (Wildman–Crippen LogP) is 4.65. The molecule has 4 aromatic carbocycles. The zero-order valence-electron chi connectivity index (χ0n) is 21.2. The van der Waals surface area contributed by atoms with Crippen molar-refractivity contribution < 1.29 is 32.3 Å². The molecule has 4 aromatic rings. The van der Waals surface area contributed by atoms with Gasteiger partial charge in [0, 0.05) is 7.05 Å². The van der Waals surface area contributed by atoms with Gasteiger partial charge in [0.25, 0.3) is 23.6 Å². The number of carbonyl (C=O) groups excluding carboxylic acids is 4. The Kier molecular flexibility index (Phi) is 5.67. The summed E-state index contributed by atoms with van der Waals surface area (Å²) in [6.45, 7) is 1.86. The number of benzene rings is 4. The van der Waals surface area contributed by atoms with Gasteiger partial charge in [0.1, 0.15) is 11.5 Å². The Morgan fingerprint density at radius 3 is 1.60 bits per heavy atom. The quantitative estimate of drug-likeness (QED) is 0.331. The minimum absolute atomic E-state index is 0.0353. The van der Waals surface area contributed by atoms with Crippen LogP contribution in [0.25, 0.3) is 0 Å². The standard InChI is InChI=1S/C30H20N2O7S/c1-17-3-9-21(10-4-17)40(37,38)22-11-5-18(6-12-22)32-29(35)24-14-8-20(16-26(24)30(32)36)39-19-7-13-23-25(15-19)28(34)31(2)27(23)33/h3-16H,1-2H3. The molecule has 0 atom stereocenters. The van der Waals surface area contributed by atoms with Gasteiger partial charge in [0.05, 0.1) is 37.7 Å². The maximum atomic E-state index is 13.3. The van der Waals surface area contributed by atoms with Gasteiger partial charge in [-0.2, -0.15) is 0 Å². The highest BCUT2D eigenvalue weighted by Crippen LogP contribution is 2.34. The van der Waals surface area contributed by atoms with Crippen LogP contribution >= 0.6 is 0 Å². The van der Waals surface area contributed by atoms with Crippen molar-refractivity contribution in [1.29, 1.82) is 0 Å². The third-order valence-corrected chi connectivity index (χ3v) is 8.68. The molecule has 0 fully saturated rings. The largest absolute Gasteiger partial charge is 0.457 e. The number of hydrogen-bond donors (Lipinski definition) is 0. The maximum Gasteiger partial charge on any atom is 0.266 e. The molecule has 0 bridgehead atoms. The number of hydrogen-bond acceptors (Lipinski definition) is 7. The minimum Gasteiger partial charge on any atom is -0.457 e. The average molecular weight is 553 g/mol. The summed E-state index contributed by atoms with van der Waals surface area (Å²) in [5, 5.41) is 0. The lowest BCUT2D eigenvalue weighted by molar-refractivity contribution is 0.0692. The van der Waals surface area contributed by atoms with E-state index >= 15 is 0 Å². The van der Waals surface area contributed by atoms with Crippen LogP contribution in [0, 0.1) is 6.92 Å². The van der Waals surface area contributed by atoms with Gasteiger partial charge < -0.3 is 4.74 Å². The molecule has 40 heavy (non-hydrogen) atoms. The summed E-state index contributed by atoms with van der Waals surface area (Å²) in [7, 11) is -2.37. The average Bonchev–Trinajstić information content (AvgIpc) is 3.32. The molecule has 0 aromatic heterocycles. The van der Waals surface area contributed by atoms with E-state index in [2.05, 4.69) is 0 Å². The lowest BCUT2D eigenvalue weighted by atomic mass is 10.1. The van der Waals surface area contributed by atoms with E-state index in [1.165, 1.54) is 73.8 Å². The highest BCUT2D eigenvalue weighted by Gasteiger charge is 2.37. The second-order valence-electron chi connectivity index (χ2n) is 9.44. The summed E-state index contributed by atoms with van der Waals surface area (Å²) in [6.07, 6.45) is 0. The molecule has 9 nitrogen and oxygen atoms in total. The minimum atomic E-state index is -3.77. The van der Waals surface area contributed by atoms with Gasteiger partial charge in [-0.3, -0.25) is 24.1 Å². The van der Waals surface area contributed by atoms with Crippen LogP contribution in [0.5, 0.6) is 11.5 Å². The van der Waals surface area contributed by atoms with E-state index in [0.29, 0.717) is 0 Å². The lowest BCUT2D eigenvalue weighted by Crippen LogP contribution is -2.29. The highest BCUT2D eigenvalue weighted by molar-refractivity contribution is 7.91. The second-order valence-corrected chi connectivity index (χ2v) is 11.4. The first-order valence-corrected chi connectivity index (χ1v) is 13.6. The van der Waals surface area contributed by atoms with Crippen LogP contribution in [-0.2, 0) is 9.84 Å². The van der Waals surface area contributed by atoms with Gasteiger partial charge >= 0.3 is 0 Å². The number of rotatable bonds is 5. The number of aryl methyl sites for hydroxylation is 1. The van der Waals surface area contributed by atoms with E-state index < -0.39 is 33.5 Å². The zero-order valence-corrected chi connectivity index (χ0v) is 22.1. The first-order valence-electron chi connectivity index (χ1n) is 12.2. The number of imide groups is 2. The fourth-order valence-electron chi connectivity index (χ4n) is 4.69. The van der Waals surface area contributed by atoms with Crippen molar-refractivity contribution in [2.75, 3.05) is 11.9 Å². The van der Waals surface area contributed by atoms with E-state index in [-0.39, 0.29) is 49.2 Å². The molecule has 0 aliphatic carbocycles. The Labute approximate surface area is 229 Å². The van der Waals surface area contributed by atoms with E-state index in [9.17, 15) is 27.6 Å². The van der Waals surface area contributed by atoms with Crippen LogP contribution in [0.2, 0.25) is 0 Å². The summed E-state index contributed by atoms with van der Waals surface area (Å²) in [6, 6.07) is 21.0. The molecular weight excluding hydrogens is 532 g/mol. The number of ether oxygens (including phenoxy) is 1. The molecule has 0 N–H and O–H groups in total. The molecular formula is C30H20N2O7S. The van der Waals surface area contributed by atoms with Crippen molar-refractivity contribution in [3.8, 4) is 11.5 Å². The molecule has 0 saturated carbocycles. The summed E-state index contributed by atoms with van der Waals surface area (Å²) in [5.74, 6) is -1.43. The van der Waals surface area contributed by atoms with E-state index in [0.717, 1.165) is 15.4 Å². The number of fused-ring (bicyclic) bond motifs is 2. The van der Waals surface area contributed by atoms with Crippen LogP contribution in [-0.4, -0.2) is 44.0 Å². The van der Waals surface area contributed by atoms with Crippen molar-refractivity contribution in [1.82, 2.24) is 4.90 Å². The Morgan fingerprint density at radius 1 is 0.575 bits per heavy atom. The third kappa shape index (κ3) is 3.88. The van der Waals surface area contributed by atoms with E-state index in [4.69, 9.17) is 4.74 Å². The SMILES string of the molecule is Cc1ccc(S(=O)(=O)c2ccc(N3C(=O)c4ccc(Oc5ccc6c(c5)C(=O)N(C)C6=O)cc4C3=O)cc2)cc1. The van der Waals surface area contributed by atoms with Crippen molar-refractivity contribution >= 4 is 39.2 Å². The number of amides is 4. The normalized spacial score (nSPS) is 14.6. The maximum absolute atomic E-state index is 13.3. The number of nitrogens with zero attached hydrogens (tertiary/aromatic N) is 2. The van der Waals surface area contributed by atoms with Crippen molar-refractivity contribution in [3.63, 3.8) is 0 Å². The summed E-state index contributed by atoms with van der Waals surface area (Å²) >= 11 is 0. The number of sulfone groups is 1. The number of carbonyl (C=O) groups is 4. The Hall–Kier alpha value is -5.09. The molecule has 0 saturated heterocycles. The molecule has 6 rings (SSSR count). The molecule has 10 heteroatoms. The van der Waals surface area contributed by atoms with Gasteiger partial charge in [0.2, 0.25) is 9.84 Å². The Morgan fingerprint density at radius 2 is 1.02 bits per heavy atom. The molecule has 4 amide bonds. The van der Waals surface area contributed by atoms with Crippen LogP contribution in [0.1, 0.15) is 47.0 Å². The van der Waals surface area contributed by atoms with Crippen LogP contribution in [0.15, 0.2) is 94.7 Å². The van der Waals surface area contributed by atoms with Crippen molar-refractivity contribution in [2.45, 2.75) is 16.7 Å². The van der Waals surface area contributed by atoms with E-state index in [1.54, 1.807) is 18.2 Å². The summed E-state index contributed by atoms with van der Waals surface area (Å²) < 4.78 is 31.8. The topological polar surface area (TPSA) is 118 Å². The second kappa shape index (κ2) is 8.99. The lowest BCUT2D eigenvalue weighted by Gasteiger charge is -2.14. The first-order chi connectivity index (χ1) is 19.1. The molecule has 0 radical (unpaired) electrons. The monoisotopic (exact) mass is 552 g/mol. The first kappa shape index (κ1) is 25.2. The summed E-state index contributed by atoms with van der Waals surface area (Å²) in [5.41, 5.74) is 1.94. The van der Waals surface area contributed by atoms with Crippen molar-refractivity contribution in [2.24, 2.45) is 0 Å². The number of anilines is 1. The smallest absolute Gasteiger partial charge is 0.266 e. The van der Waals surface area contributed by atoms with Crippen LogP contribution in [0.4, 0.5) is 5.69 Å². The molecule has 2 heterocycles. The third-order valence-electron chi connectivity index (χ3n) is 6.89. The Bertz CT molecular complexity index is 1880. The van der Waals surface area contributed by atoms with Gasteiger partial charge in [0.15, 0.2) is 0 Å². The summed E-state index contributed by atoms with van der Waals surface area (Å²) in [4.78, 5) is 53.0. The fourth-order valence-corrected chi connectivity index (χ4v) is 5.95. The van der Waals surface area contributed by atoms with Gasteiger partial charge in [-0.05, 0) is 79.7 Å². The Balaban J connectivity index is 1.25. The molecule has 2 aliphatic rings. The van der Waals surface area contributed by atoms with Crippen LogP contribution in [0.3, 0.4) is 0 Å². The van der Waals surface area contributed by atoms with E-state index in [1.807, 2.05) is 6.92 Å². The molecule has 0 unspecified atom stereocenters. The van der Waals surface area contributed by atoms with Crippen LogP contribution < -0.4 is 9.64 Å². The van der Waals surface area contributed by atoms with Crippen molar-refractivity contribution in [3.05, 3.63) is 113 Å². The fraction of sp³-hybridized carbons (Fsp3) is 0.0667. The van der Waals surface area contributed by atoms with Gasteiger partial charge in [-0.15, -0.1) is 0 Å². The van der Waals surface area contributed by atoms with Gasteiger partial charge in [-0.25, -0.2) is 13.3 Å². The van der Waals surface area contributed by atoms with Gasteiger partial charge in [-0.1, -0.05) is 17.7 Å². The highest BCUT2D eigenvalue weighted by atomic mass is 32.2. The zero-order chi connectivity index (χ0) is 28.3. The molecule has 198 valence electrons. The molecule has 2 aliphatic heterocycles. The molecule has 0 spiro atoms.